The minimum Gasteiger partial charge on any atom is -0.376 e. The van der Waals surface area contributed by atoms with Crippen LogP contribution in [0.15, 0.2) is 34.1 Å². The van der Waals surface area contributed by atoms with Crippen molar-refractivity contribution in [3.8, 4) is 0 Å². The van der Waals surface area contributed by atoms with E-state index in [1.807, 2.05) is 11.0 Å². The molecule has 2 aromatic heterocycles. The molecule has 2 amide bonds. The highest BCUT2D eigenvalue weighted by Crippen LogP contribution is 2.35. The fourth-order valence-electron chi connectivity index (χ4n) is 4.61. The Labute approximate surface area is 205 Å². The Kier molecular flexibility index (Phi) is 6.41. The first kappa shape index (κ1) is 23.0. The average molecular weight is 500 g/mol. The summed E-state index contributed by atoms with van der Waals surface area (Å²) in [4.78, 5) is 47.0. The highest BCUT2D eigenvalue weighted by Gasteiger charge is 2.35. The molecule has 9 nitrogen and oxygen atoms in total. The van der Waals surface area contributed by atoms with Crippen molar-refractivity contribution in [2.24, 2.45) is 11.7 Å². The molecule has 0 spiro atoms. The molecular weight excluding hydrogens is 474 g/mol. The van der Waals surface area contributed by atoms with Gasteiger partial charge < -0.3 is 15.4 Å². The van der Waals surface area contributed by atoms with Crippen LogP contribution in [0, 0.1) is 5.92 Å². The third kappa shape index (κ3) is 4.35. The highest BCUT2D eigenvalue weighted by molar-refractivity contribution is 8.26. The topological polar surface area (TPSA) is 110 Å². The number of carbonyl (C=O) groups is 2. The molecule has 0 aromatic carbocycles. The number of primary amides is 1. The number of pyridine rings is 1. The summed E-state index contributed by atoms with van der Waals surface area (Å²) >= 11 is 6.66. The molecule has 1 atom stereocenters. The zero-order chi connectivity index (χ0) is 23.8. The molecule has 2 N–H and O–H groups in total. The number of aromatic nitrogens is 2. The molecule has 34 heavy (non-hydrogen) atoms. The first-order valence-corrected chi connectivity index (χ1v) is 12.6. The Hall–Kier alpha value is -2.76. The maximum absolute atomic E-state index is 13.5. The van der Waals surface area contributed by atoms with Gasteiger partial charge in [0.1, 0.15) is 15.8 Å². The zero-order valence-electron chi connectivity index (χ0n) is 18.5. The van der Waals surface area contributed by atoms with E-state index in [1.165, 1.54) is 16.2 Å². The number of piperidine rings is 1. The lowest BCUT2D eigenvalue weighted by Crippen LogP contribution is -2.40. The molecule has 178 valence electrons. The number of hydrogen-bond acceptors (Lipinski definition) is 8. The predicted molar refractivity (Wildman–Crippen MR) is 134 cm³/mol. The van der Waals surface area contributed by atoms with Gasteiger partial charge in [0.25, 0.3) is 11.5 Å². The number of amides is 2. The summed E-state index contributed by atoms with van der Waals surface area (Å²) in [6.07, 6.45) is 6.31. The van der Waals surface area contributed by atoms with E-state index in [4.69, 9.17) is 27.7 Å². The number of anilines is 1. The maximum atomic E-state index is 13.5. The van der Waals surface area contributed by atoms with E-state index < -0.39 is 0 Å². The van der Waals surface area contributed by atoms with E-state index in [1.54, 1.807) is 29.3 Å². The molecule has 5 rings (SSSR count). The highest BCUT2D eigenvalue weighted by atomic mass is 32.2. The van der Waals surface area contributed by atoms with Crippen LogP contribution >= 0.6 is 24.0 Å². The quantitative estimate of drug-likeness (QED) is 0.490. The van der Waals surface area contributed by atoms with Gasteiger partial charge in [0.2, 0.25) is 5.91 Å². The Bertz CT molecular complexity index is 1250. The van der Waals surface area contributed by atoms with Crippen LogP contribution in [-0.4, -0.2) is 62.8 Å². The van der Waals surface area contributed by atoms with Gasteiger partial charge in [-0.05, 0) is 43.9 Å². The smallest absolute Gasteiger partial charge is 0.267 e. The van der Waals surface area contributed by atoms with Crippen LogP contribution in [0.3, 0.4) is 0 Å². The van der Waals surface area contributed by atoms with Gasteiger partial charge in [-0.25, -0.2) is 4.98 Å². The van der Waals surface area contributed by atoms with Crippen molar-refractivity contribution in [2.45, 2.75) is 31.8 Å². The number of carbonyl (C=O) groups excluding carboxylic acids is 2. The van der Waals surface area contributed by atoms with E-state index in [0.717, 1.165) is 12.8 Å². The van der Waals surface area contributed by atoms with Crippen molar-refractivity contribution in [1.82, 2.24) is 14.3 Å². The van der Waals surface area contributed by atoms with Crippen LogP contribution < -0.4 is 16.2 Å². The molecule has 3 fully saturated rings. The molecule has 3 aliphatic heterocycles. The Morgan fingerprint density at radius 3 is 2.76 bits per heavy atom. The number of hydrogen-bond donors (Lipinski definition) is 1. The van der Waals surface area contributed by atoms with Gasteiger partial charge in [0.15, 0.2) is 0 Å². The first-order valence-electron chi connectivity index (χ1n) is 11.3. The molecule has 11 heteroatoms. The second-order valence-corrected chi connectivity index (χ2v) is 10.3. The number of ether oxygens (including phenoxy) is 1. The zero-order valence-corrected chi connectivity index (χ0v) is 20.1. The normalized spacial score (nSPS) is 22.9. The second-order valence-electron chi connectivity index (χ2n) is 8.67. The SMILES string of the molecule is NC(=O)C1CCN(c2nc3ccccn3c(=O)c2/C=C2\SC(=S)N(C[C@H]3CCCO3)C2=O)CC1. The summed E-state index contributed by atoms with van der Waals surface area (Å²) < 4.78 is 7.60. The van der Waals surface area contributed by atoms with E-state index in [-0.39, 0.29) is 29.4 Å². The van der Waals surface area contributed by atoms with Crippen LogP contribution in [0.2, 0.25) is 0 Å². The van der Waals surface area contributed by atoms with Crippen LogP contribution in [0.25, 0.3) is 11.7 Å². The van der Waals surface area contributed by atoms with E-state index in [9.17, 15) is 14.4 Å². The van der Waals surface area contributed by atoms with E-state index >= 15 is 0 Å². The standard InChI is InChI=1S/C23H25N5O4S2/c24-19(29)14-6-9-26(10-7-14)20-16(21(30)27-8-2-1-5-18(27)25-20)12-17-22(31)28(23(33)34-17)13-15-4-3-11-32-15/h1-2,5,8,12,14-15H,3-4,6-7,9-11,13H2,(H2,24,29)/b17-12-/t15-/m1/s1. The molecule has 0 saturated carbocycles. The van der Waals surface area contributed by atoms with Crippen LogP contribution in [-0.2, 0) is 14.3 Å². The predicted octanol–water partition coefficient (Wildman–Crippen LogP) is 1.78. The van der Waals surface area contributed by atoms with Gasteiger partial charge in [0, 0.05) is 31.8 Å². The van der Waals surface area contributed by atoms with Crippen molar-refractivity contribution in [1.29, 1.82) is 0 Å². The second kappa shape index (κ2) is 9.47. The molecule has 0 bridgehead atoms. The summed E-state index contributed by atoms with van der Waals surface area (Å²) in [6.45, 7) is 2.21. The third-order valence-corrected chi connectivity index (χ3v) is 7.88. The first-order chi connectivity index (χ1) is 16.4. The summed E-state index contributed by atoms with van der Waals surface area (Å²) in [5, 5.41) is 0. The minimum atomic E-state index is -0.304. The number of thiocarbonyl (C=S) groups is 1. The fourth-order valence-corrected chi connectivity index (χ4v) is 5.87. The summed E-state index contributed by atoms with van der Waals surface area (Å²) in [6, 6.07) is 5.35. The van der Waals surface area contributed by atoms with Crippen LogP contribution in [0.4, 0.5) is 5.82 Å². The van der Waals surface area contributed by atoms with Gasteiger partial charge in [0.05, 0.1) is 23.1 Å². The van der Waals surface area contributed by atoms with Gasteiger partial charge in [-0.2, -0.15) is 0 Å². The molecule has 3 aliphatic rings. The Morgan fingerprint density at radius 2 is 2.06 bits per heavy atom. The van der Waals surface area contributed by atoms with Crippen LogP contribution in [0.5, 0.6) is 0 Å². The number of nitrogens with zero attached hydrogens (tertiary/aromatic N) is 4. The van der Waals surface area contributed by atoms with Crippen molar-refractivity contribution >= 4 is 57.7 Å². The fraction of sp³-hybridized carbons (Fsp3) is 0.435. The average Bonchev–Trinajstić information content (AvgIpc) is 3.45. The van der Waals surface area contributed by atoms with Crippen molar-refractivity contribution in [3.05, 3.63) is 45.2 Å². The lowest BCUT2D eigenvalue weighted by atomic mass is 9.96. The van der Waals surface area contributed by atoms with Crippen LogP contribution in [0.1, 0.15) is 31.2 Å². The minimum absolute atomic E-state index is 0.0167. The van der Waals surface area contributed by atoms with Gasteiger partial charge in [-0.1, -0.05) is 30.0 Å². The molecule has 2 aromatic rings. The van der Waals surface area contributed by atoms with Crippen molar-refractivity contribution in [3.63, 3.8) is 0 Å². The summed E-state index contributed by atoms with van der Waals surface area (Å²) in [5.74, 6) is -0.207. The maximum Gasteiger partial charge on any atom is 0.267 e. The van der Waals surface area contributed by atoms with Gasteiger partial charge in [-0.15, -0.1) is 0 Å². The number of fused-ring (bicyclic) bond motifs is 1. The number of nitrogens with two attached hydrogens (primary N) is 1. The third-order valence-electron chi connectivity index (χ3n) is 6.51. The Morgan fingerprint density at radius 1 is 1.26 bits per heavy atom. The van der Waals surface area contributed by atoms with E-state index in [0.29, 0.717) is 65.3 Å². The molecule has 0 unspecified atom stereocenters. The summed E-state index contributed by atoms with van der Waals surface area (Å²) in [7, 11) is 0. The molecule has 0 radical (unpaired) electrons. The number of thioether (sulfide) groups is 1. The van der Waals surface area contributed by atoms with Gasteiger partial charge >= 0.3 is 0 Å². The lowest BCUT2D eigenvalue weighted by molar-refractivity contribution is -0.123. The lowest BCUT2D eigenvalue weighted by Gasteiger charge is -2.32. The monoisotopic (exact) mass is 499 g/mol. The molecule has 0 aliphatic carbocycles. The van der Waals surface area contributed by atoms with Crippen molar-refractivity contribution < 1.29 is 14.3 Å². The summed E-state index contributed by atoms with van der Waals surface area (Å²) in [5.41, 5.74) is 6.07. The van der Waals surface area contributed by atoms with Crippen molar-refractivity contribution in [2.75, 3.05) is 31.1 Å². The molecule has 3 saturated heterocycles. The van der Waals surface area contributed by atoms with Gasteiger partial charge in [-0.3, -0.25) is 23.7 Å². The largest absolute Gasteiger partial charge is 0.376 e. The molecule has 5 heterocycles. The molecular formula is C23H25N5O4S2. The number of rotatable bonds is 5. The Balaban J connectivity index is 1.51. The van der Waals surface area contributed by atoms with E-state index in [2.05, 4.69) is 0 Å².